The van der Waals surface area contributed by atoms with Gasteiger partial charge in [-0.15, -0.1) is 0 Å². The lowest BCUT2D eigenvalue weighted by molar-refractivity contribution is 0.806. The number of aryl methyl sites for hydroxylation is 1. The molecule has 0 fully saturated rings. The molecule has 0 atom stereocenters. The summed E-state index contributed by atoms with van der Waals surface area (Å²) in [6.45, 7) is 1.03. The van der Waals surface area contributed by atoms with Crippen molar-refractivity contribution in [1.29, 1.82) is 0 Å². The van der Waals surface area contributed by atoms with E-state index in [2.05, 4.69) is 21.5 Å². The van der Waals surface area contributed by atoms with E-state index in [4.69, 9.17) is 0 Å². The highest BCUT2D eigenvalue weighted by Crippen LogP contribution is 2.15. The Hall–Kier alpha value is -1.12. The molecule has 0 unspecified atom stereocenters. The molecule has 10 heavy (non-hydrogen) atoms. The number of nitrogens with one attached hydrogen (secondary N) is 1. The van der Waals surface area contributed by atoms with Gasteiger partial charge in [-0.2, -0.15) is 0 Å². The van der Waals surface area contributed by atoms with Crippen molar-refractivity contribution in [3.63, 3.8) is 0 Å². The normalized spacial score (nSPS) is 15.6. The van der Waals surface area contributed by atoms with Crippen molar-refractivity contribution in [2.75, 3.05) is 11.9 Å². The Kier molecular flexibility index (Phi) is 1.27. The second-order valence-electron chi connectivity index (χ2n) is 2.34. The van der Waals surface area contributed by atoms with E-state index in [0.29, 0.717) is 0 Å². The third kappa shape index (κ3) is 0.835. The Morgan fingerprint density at radius 3 is 3.50 bits per heavy atom. The van der Waals surface area contributed by atoms with Gasteiger partial charge in [-0.25, -0.2) is 9.97 Å². The largest absolute Gasteiger partial charge is 0.370 e. The quantitative estimate of drug-likeness (QED) is 0.565. The zero-order chi connectivity index (χ0) is 6.81. The minimum atomic E-state index is 0.959. The van der Waals surface area contributed by atoms with Gasteiger partial charge in [0.15, 0.2) is 0 Å². The second-order valence-corrected chi connectivity index (χ2v) is 2.34. The molecule has 0 bridgehead atoms. The summed E-state index contributed by atoms with van der Waals surface area (Å²) in [5.74, 6) is 0.959. The molecule has 0 amide bonds. The van der Waals surface area contributed by atoms with Crippen LogP contribution in [0.4, 0.5) is 5.82 Å². The molecule has 0 aliphatic carbocycles. The van der Waals surface area contributed by atoms with Crippen LogP contribution in [-0.4, -0.2) is 16.5 Å². The molecule has 0 saturated carbocycles. The summed E-state index contributed by atoms with van der Waals surface area (Å²) in [6.07, 6.45) is 6.66. The number of hydrogen-bond donors (Lipinski definition) is 1. The highest BCUT2D eigenvalue weighted by Gasteiger charge is 2.07. The van der Waals surface area contributed by atoms with Crippen molar-refractivity contribution in [1.82, 2.24) is 9.97 Å². The van der Waals surface area contributed by atoms with Gasteiger partial charge < -0.3 is 5.32 Å². The molecule has 1 N–H and O–H groups in total. The number of anilines is 1. The molecule has 1 radical (unpaired) electrons. The smallest absolute Gasteiger partial charge is 0.133 e. The lowest BCUT2D eigenvalue weighted by Gasteiger charge is -2.14. The number of rotatable bonds is 0. The van der Waals surface area contributed by atoms with Crippen LogP contribution in [0, 0.1) is 6.20 Å². The fourth-order valence-electron chi connectivity index (χ4n) is 1.12. The van der Waals surface area contributed by atoms with Crippen LogP contribution in [-0.2, 0) is 6.42 Å². The minimum Gasteiger partial charge on any atom is -0.370 e. The molecule has 51 valence electrons. The van der Waals surface area contributed by atoms with Gasteiger partial charge in [0.1, 0.15) is 12.1 Å². The van der Waals surface area contributed by atoms with Crippen LogP contribution in [0.3, 0.4) is 0 Å². The maximum atomic E-state index is 4.07. The monoisotopic (exact) mass is 134 g/mol. The Labute approximate surface area is 59.5 Å². The summed E-state index contributed by atoms with van der Waals surface area (Å²) in [5, 5.41) is 3.18. The van der Waals surface area contributed by atoms with Crippen molar-refractivity contribution < 1.29 is 0 Å². The van der Waals surface area contributed by atoms with Crippen LogP contribution in [0.5, 0.6) is 0 Å². The average molecular weight is 134 g/mol. The van der Waals surface area contributed by atoms with Crippen LogP contribution >= 0.6 is 0 Å². The molecule has 1 aromatic rings. The molecule has 1 aliphatic rings. The van der Waals surface area contributed by atoms with Gasteiger partial charge in [0, 0.05) is 12.1 Å². The van der Waals surface area contributed by atoms with E-state index in [1.54, 1.807) is 0 Å². The minimum absolute atomic E-state index is 0.959. The molecule has 2 heterocycles. The van der Waals surface area contributed by atoms with Crippen LogP contribution < -0.4 is 5.32 Å². The highest BCUT2D eigenvalue weighted by atomic mass is 15.0. The highest BCUT2D eigenvalue weighted by molar-refractivity contribution is 5.43. The topological polar surface area (TPSA) is 37.8 Å². The Morgan fingerprint density at radius 1 is 1.60 bits per heavy atom. The van der Waals surface area contributed by atoms with Gasteiger partial charge >= 0.3 is 0 Å². The summed E-state index contributed by atoms with van der Waals surface area (Å²) in [7, 11) is 0. The number of aromatic nitrogens is 2. The van der Waals surface area contributed by atoms with Crippen molar-refractivity contribution in [2.45, 2.75) is 12.8 Å². The van der Waals surface area contributed by atoms with Gasteiger partial charge in [-0.05, 0) is 12.8 Å². The zero-order valence-electron chi connectivity index (χ0n) is 5.59. The third-order valence-electron chi connectivity index (χ3n) is 1.63. The van der Waals surface area contributed by atoms with Gasteiger partial charge in [-0.3, -0.25) is 0 Å². The van der Waals surface area contributed by atoms with Crippen LogP contribution in [0.1, 0.15) is 12.0 Å². The van der Waals surface area contributed by atoms with E-state index in [-0.39, 0.29) is 0 Å². The van der Waals surface area contributed by atoms with E-state index in [1.165, 1.54) is 6.33 Å². The molecule has 3 nitrogen and oxygen atoms in total. The van der Waals surface area contributed by atoms with Crippen molar-refractivity contribution in [2.24, 2.45) is 0 Å². The van der Waals surface area contributed by atoms with Gasteiger partial charge in [0.2, 0.25) is 0 Å². The van der Waals surface area contributed by atoms with Crippen molar-refractivity contribution >= 4 is 5.82 Å². The van der Waals surface area contributed by atoms with E-state index in [9.17, 15) is 0 Å². The molecule has 1 aromatic heterocycles. The van der Waals surface area contributed by atoms with Crippen molar-refractivity contribution in [3.05, 3.63) is 18.1 Å². The molecular formula is C7H8N3. The second kappa shape index (κ2) is 2.25. The van der Waals surface area contributed by atoms with E-state index in [0.717, 1.165) is 30.8 Å². The van der Waals surface area contributed by atoms with Crippen LogP contribution in [0.2, 0.25) is 0 Å². The van der Waals surface area contributed by atoms with Crippen molar-refractivity contribution in [3.8, 4) is 0 Å². The first kappa shape index (κ1) is 5.65. The molecule has 0 aromatic carbocycles. The fourth-order valence-corrected chi connectivity index (χ4v) is 1.12. The molecule has 2 rings (SSSR count). The average Bonchev–Trinajstić information content (AvgIpc) is 2.05. The predicted octanol–water partition coefficient (Wildman–Crippen LogP) is 0.635. The maximum absolute atomic E-state index is 4.07. The first-order chi connectivity index (χ1) is 4.97. The molecular weight excluding hydrogens is 126 g/mol. The lowest BCUT2D eigenvalue weighted by Crippen LogP contribution is -2.13. The molecule has 0 saturated heterocycles. The Morgan fingerprint density at radius 2 is 2.60 bits per heavy atom. The predicted molar refractivity (Wildman–Crippen MR) is 37.7 cm³/mol. The summed E-state index contributed by atoms with van der Waals surface area (Å²) >= 11 is 0. The van der Waals surface area contributed by atoms with Gasteiger partial charge in [0.05, 0.1) is 6.20 Å². The van der Waals surface area contributed by atoms with Gasteiger partial charge in [0.25, 0.3) is 0 Å². The third-order valence-corrected chi connectivity index (χ3v) is 1.63. The molecule has 0 spiro atoms. The first-order valence-electron chi connectivity index (χ1n) is 3.42. The van der Waals surface area contributed by atoms with Crippen LogP contribution in [0.15, 0.2) is 6.33 Å². The Balaban J connectivity index is 2.41. The summed E-state index contributed by atoms with van der Waals surface area (Å²) in [5.41, 5.74) is 1.12. The first-order valence-corrected chi connectivity index (χ1v) is 3.42. The van der Waals surface area contributed by atoms with E-state index < -0.39 is 0 Å². The Bertz CT molecular complexity index is 209. The number of nitrogens with zero attached hydrogens (tertiary/aromatic N) is 2. The zero-order valence-corrected chi connectivity index (χ0v) is 5.59. The lowest BCUT2D eigenvalue weighted by atomic mass is 10.1. The van der Waals surface area contributed by atoms with E-state index >= 15 is 0 Å². The summed E-state index contributed by atoms with van der Waals surface area (Å²) in [6, 6.07) is 0. The molecule has 3 heteroatoms. The SMILES string of the molecule is [c]1ncnc2c1CCCN2. The maximum Gasteiger partial charge on any atom is 0.133 e. The molecule has 1 aliphatic heterocycles. The summed E-state index contributed by atoms with van der Waals surface area (Å²) < 4.78 is 0. The number of fused-ring (bicyclic) bond motifs is 1. The van der Waals surface area contributed by atoms with Gasteiger partial charge in [-0.1, -0.05) is 0 Å². The fraction of sp³-hybridized carbons (Fsp3) is 0.429. The number of hydrogen-bond acceptors (Lipinski definition) is 3. The standard InChI is InChI=1S/C7H8N3/c1-2-6-4-8-5-10-7(6)9-3-1/h5H,1-3H2,(H,8,9,10). The van der Waals surface area contributed by atoms with E-state index in [1.807, 2.05) is 0 Å². The summed E-state index contributed by atoms with van der Waals surface area (Å²) in [4.78, 5) is 7.89. The van der Waals surface area contributed by atoms with Crippen LogP contribution in [0.25, 0.3) is 0 Å².